The van der Waals surface area contributed by atoms with Crippen LogP contribution < -0.4 is 5.32 Å². The summed E-state index contributed by atoms with van der Waals surface area (Å²) in [5, 5.41) is 3.37. The van der Waals surface area contributed by atoms with Gasteiger partial charge in [0.15, 0.2) is 5.96 Å². The normalized spacial score (nSPS) is 15.8. The highest BCUT2D eigenvalue weighted by atomic mass is 16.5. The molecule has 4 heteroatoms. The molecule has 0 aliphatic heterocycles. The Hall–Kier alpha value is -0.770. The molecular formula is C16H33N3O. The molecule has 1 aliphatic rings. The molecular weight excluding hydrogens is 250 g/mol. The molecule has 0 heterocycles. The summed E-state index contributed by atoms with van der Waals surface area (Å²) in [6.45, 7) is 11.1. The van der Waals surface area contributed by atoms with Gasteiger partial charge in [-0.15, -0.1) is 0 Å². The Morgan fingerprint density at radius 3 is 2.55 bits per heavy atom. The molecule has 1 N–H and O–H groups in total. The standard InChI is InChI=1S/C16H33N3O/c1-5-14(6-2)12-18-16(17-7-3)19(4)10-11-20-13-15-8-9-15/h14-15H,5-13H2,1-4H3,(H,17,18). The van der Waals surface area contributed by atoms with E-state index in [4.69, 9.17) is 9.73 Å². The van der Waals surface area contributed by atoms with Gasteiger partial charge in [0.25, 0.3) is 0 Å². The van der Waals surface area contributed by atoms with Crippen LogP contribution in [0.5, 0.6) is 0 Å². The topological polar surface area (TPSA) is 36.9 Å². The molecule has 0 aromatic carbocycles. The molecule has 1 saturated carbocycles. The number of nitrogens with one attached hydrogen (secondary N) is 1. The lowest BCUT2D eigenvalue weighted by Crippen LogP contribution is -2.41. The van der Waals surface area contributed by atoms with Crippen molar-refractivity contribution in [3.63, 3.8) is 0 Å². The van der Waals surface area contributed by atoms with E-state index in [1.807, 2.05) is 0 Å². The zero-order valence-corrected chi connectivity index (χ0v) is 13.8. The van der Waals surface area contributed by atoms with Crippen LogP contribution in [-0.2, 0) is 4.74 Å². The first-order chi connectivity index (χ1) is 9.71. The van der Waals surface area contributed by atoms with Crippen molar-refractivity contribution in [3.8, 4) is 0 Å². The predicted molar refractivity (Wildman–Crippen MR) is 86.2 cm³/mol. The number of rotatable bonds is 10. The second-order valence-corrected chi connectivity index (χ2v) is 5.82. The molecule has 0 atom stereocenters. The molecule has 0 bridgehead atoms. The van der Waals surface area contributed by atoms with Gasteiger partial charge in [0.2, 0.25) is 0 Å². The maximum Gasteiger partial charge on any atom is 0.193 e. The zero-order valence-electron chi connectivity index (χ0n) is 13.8. The fraction of sp³-hybridized carbons (Fsp3) is 0.938. The maximum absolute atomic E-state index is 5.70. The minimum atomic E-state index is 0.697. The van der Waals surface area contributed by atoms with Gasteiger partial charge in [0.05, 0.1) is 6.61 Å². The highest BCUT2D eigenvalue weighted by molar-refractivity contribution is 5.79. The lowest BCUT2D eigenvalue weighted by atomic mass is 10.0. The Morgan fingerprint density at radius 2 is 2.00 bits per heavy atom. The van der Waals surface area contributed by atoms with Gasteiger partial charge in [0, 0.05) is 33.3 Å². The van der Waals surface area contributed by atoms with E-state index in [9.17, 15) is 0 Å². The van der Waals surface area contributed by atoms with Gasteiger partial charge in [0.1, 0.15) is 0 Å². The smallest absolute Gasteiger partial charge is 0.193 e. The van der Waals surface area contributed by atoms with E-state index in [2.05, 4.69) is 38.0 Å². The Labute approximate surface area is 125 Å². The number of likely N-dealkylation sites (N-methyl/N-ethyl adjacent to an activating group) is 1. The van der Waals surface area contributed by atoms with Gasteiger partial charge >= 0.3 is 0 Å². The van der Waals surface area contributed by atoms with E-state index in [-0.39, 0.29) is 0 Å². The minimum absolute atomic E-state index is 0.697. The van der Waals surface area contributed by atoms with Crippen molar-refractivity contribution in [3.05, 3.63) is 0 Å². The number of ether oxygens (including phenoxy) is 1. The molecule has 0 amide bonds. The molecule has 0 radical (unpaired) electrons. The molecule has 20 heavy (non-hydrogen) atoms. The average Bonchev–Trinajstić information content (AvgIpc) is 3.27. The molecule has 1 rings (SSSR count). The first kappa shape index (κ1) is 17.3. The molecule has 0 unspecified atom stereocenters. The van der Waals surface area contributed by atoms with Crippen LogP contribution >= 0.6 is 0 Å². The van der Waals surface area contributed by atoms with E-state index >= 15 is 0 Å². The van der Waals surface area contributed by atoms with Crippen LogP contribution in [0.1, 0.15) is 46.5 Å². The second-order valence-electron chi connectivity index (χ2n) is 5.82. The van der Waals surface area contributed by atoms with Gasteiger partial charge in [-0.3, -0.25) is 4.99 Å². The third-order valence-electron chi connectivity index (χ3n) is 3.97. The summed E-state index contributed by atoms with van der Waals surface area (Å²) in [5.41, 5.74) is 0. The Bertz CT molecular complexity index is 273. The van der Waals surface area contributed by atoms with E-state index in [1.165, 1.54) is 25.7 Å². The SMILES string of the molecule is CCNC(=NCC(CC)CC)N(C)CCOCC1CC1. The molecule has 0 aromatic heterocycles. The largest absolute Gasteiger partial charge is 0.379 e. The average molecular weight is 283 g/mol. The quantitative estimate of drug-likeness (QED) is 0.380. The summed E-state index contributed by atoms with van der Waals surface area (Å²) < 4.78 is 5.70. The van der Waals surface area contributed by atoms with Crippen molar-refractivity contribution < 1.29 is 4.74 Å². The van der Waals surface area contributed by atoms with Crippen LogP contribution in [0.2, 0.25) is 0 Å². The predicted octanol–water partition coefficient (Wildman–Crippen LogP) is 2.75. The van der Waals surface area contributed by atoms with Crippen molar-refractivity contribution in [2.24, 2.45) is 16.8 Å². The lowest BCUT2D eigenvalue weighted by Gasteiger charge is -2.22. The number of aliphatic imine (C=N–C) groups is 1. The maximum atomic E-state index is 5.70. The Balaban J connectivity index is 2.30. The van der Waals surface area contributed by atoms with Crippen LogP contribution in [0.15, 0.2) is 4.99 Å². The highest BCUT2D eigenvalue weighted by Crippen LogP contribution is 2.28. The zero-order chi connectivity index (χ0) is 14.8. The summed E-state index contributed by atoms with van der Waals surface area (Å²) in [6, 6.07) is 0. The van der Waals surface area contributed by atoms with Crippen molar-refractivity contribution >= 4 is 5.96 Å². The third kappa shape index (κ3) is 7.13. The second kappa shape index (κ2) is 10.0. The van der Waals surface area contributed by atoms with Crippen molar-refractivity contribution in [2.45, 2.75) is 46.5 Å². The van der Waals surface area contributed by atoms with Gasteiger partial charge in [-0.2, -0.15) is 0 Å². The first-order valence-electron chi connectivity index (χ1n) is 8.28. The molecule has 0 aromatic rings. The fourth-order valence-corrected chi connectivity index (χ4v) is 2.07. The third-order valence-corrected chi connectivity index (χ3v) is 3.97. The Morgan fingerprint density at radius 1 is 1.30 bits per heavy atom. The summed E-state index contributed by atoms with van der Waals surface area (Å²) in [4.78, 5) is 6.94. The summed E-state index contributed by atoms with van der Waals surface area (Å²) in [5.74, 6) is 2.55. The first-order valence-corrected chi connectivity index (χ1v) is 8.28. The number of hydrogen-bond acceptors (Lipinski definition) is 2. The van der Waals surface area contributed by atoms with Crippen LogP contribution in [0.3, 0.4) is 0 Å². The van der Waals surface area contributed by atoms with Crippen molar-refractivity contribution in [1.29, 1.82) is 0 Å². The number of nitrogens with zero attached hydrogens (tertiary/aromatic N) is 2. The molecule has 0 spiro atoms. The molecule has 1 aliphatic carbocycles. The lowest BCUT2D eigenvalue weighted by molar-refractivity contribution is 0.115. The van der Waals surface area contributed by atoms with Gasteiger partial charge in [-0.05, 0) is 31.6 Å². The summed E-state index contributed by atoms with van der Waals surface area (Å²) >= 11 is 0. The van der Waals surface area contributed by atoms with Crippen molar-refractivity contribution in [2.75, 3.05) is 39.9 Å². The molecule has 1 fully saturated rings. The summed E-state index contributed by atoms with van der Waals surface area (Å²) in [6.07, 6.45) is 5.12. The molecule has 118 valence electrons. The van der Waals surface area contributed by atoms with E-state index in [0.29, 0.717) is 5.92 Å². The monoisotopic (exact) mass is 283 g/mol. The number of hydrogen-bond donors (Lipinski definition) is 1. The van der Waals surface area contributed by atoms with Gasteiger partial charge < -0.3 is 15.0 Å². The van der Waals surface area contributed by atoms with E-state index in [1.54, 1.807) is 0 Å². The highest BCUT2D eigenvalue weighted by Gasteiger charge is 2.21. The van der Waals surface area contributed by atoms with Crippen molar-refractivity contribution in [1.82, 2.24) is 10.2 Å². The number of guanidine groups is 1. The molecule has 4 nitrogen and oxygen atoms in total. The van der Waals surface area contributed by atoms with Crippen LogP contribution in [0, 0.1) is 11.8 Å². The molecule has 0 saturated heterocycles. The van der Waals surface area contributed by atoms with Gasteiger partial charge in [-0.1, -0.05) is 26.7 Å². The minimum Gasteiger partial charge on any atom is -0.379 e. The fourth-order valence-electron chi connectivity index (χ4n) is 2.07. The van der Waals surface area contributed by atoms with Crippen LogP contribution in [0.4, 0.5) is 0 Å². The van der Waals surface area contributed by atoms with E-state index < -0.39 is 0 Å². The van der Waals surface area contributed by atoms with Gasteiger partial charge in [-0.25, -0.2) is 0 Å². The van der Waals surface area contributed by atoms with Crippen LogP contribution in [-0.4, -0.2) is 50.8 Å². The van der Waals surface area contributed by atoms with Crippen LogP contribution in [0.25, 0.3) is 0 Å². The Kier molecular flexibility index (Phi) is 8.67. The van der Waals surface area contributed by atoms with E-state index in [0.717, 1.165) is 44.7 Å². The summed E-state index contributed by atoms with van der Waals surface area (Å²) in [7, 11) is 2.09.